The van der Waals surface area contributed by atoms with Crippen molar-refractivity contribution in [1.82, 2.24) is 24.3 Å². The number of amides is 1. The highest BCUT2D eigenvalue weighted by atomic mass is 19.1. The van der Waals surface area contributed by atoms with Gasteiger partial charge in [-0.3, -0.25) is 4.79 Å². The van der Waals surface area contributed by atoms with Crippen LogP contribution in [0, 0.1) is 11.7 Å². The second-order valence-electron chi connectivity index (χ2n) is 9.06. The van der Waals surface area contributed by atoms with Gasteiger partial charge in [0.25, 0.3) is 0 Å². The van der Waals surface area contributed by atoms with Crippen molar-refractivity contribution in [3.8, 4) is 17.3 Å². The number of aromatic nitrogens is 5. The Hall–Kier alpha value is -4.08. The van der Waals surface area contributed by atoms with Crippen molar-refractivity contribution in [3.63, 3.8) is 0 Å². The number of aromatic hydroxyl groups is 1. The molecule has 0 saturated heterocycles. The van der Waals surface area contributed by atoms with Gasteiger partial charge >= 0.3 is 0 Å². The van der Waals surface area contributed by atoms with Crippen molar-refractivity contribution < 1.29 is 14.3 Å². The van der Waals surface area contributed by atoms with Crippen LogP contribution in [0.3, 0.4) is 0 Å². The summed E-state index contributed by atoms with van der Waals surface area (Å²) in [6.45, 7) is 5.94. The lowest BCUT2D eigenvalue weighted by molar-refractivity contribution is -0.119. The standard InChI is InChI=1S/C24H24FN7O2/c1-12(2)4-7-15-22-27-8-9-32(22)11-16(28-15)20-29-19(26)18-21(30-20)31-23(34)24(18,3)13-5-6-14(25)17(33)10-13/h5-6,8-12,33H,4,7H2,1-3H3,(H3,26,29,30,31,34)/t24-/m1/s1. The van der Waals surface area contributed by atoms with Crippen LogP contribution in [0.5, 0.6) is 5.75 Å². The van der Waals surface area contributed by atoms with Crippen molar-refractivity contribution in [2.45, 2.75) is 39.0 Å². The lowest BCUT2D eigenvalue weighted by Crippen LogP contribution is -2.33. The van der Waals surface area contributed by atoms with Gasteiger partial charge in [0.2, 0.25) is 5.91 Å². The third-order valence-corrected chi connectivity index (χ3v) is 6.28. The topological polar surface area (TPSA) is 131 Å². The van der Waals surface area contributed by atoms with Crippen molar-refractivity contribution in [1.29, 1.82) is 0 Å². The van der Waals surface area contributed by atoms with E-state index in [9.17, 15) is 14.3 Å². The summed E-state index contributed by atoms with van der Waals surface area (Å²) in [5, 5.41) is 12.6. The molecule has 0 fully saturated rings. The second kappa shape index (κ2) is 7.75. The molecule has 1 amide bonds. The number of benzene rings is 1. The fourth-order valence-corrected chi connectivity index (χ4v) is 4.32. The molecule has 10 heteroatoms. The number of fused-ring (bicyclic) bond motifs is 2. The van der Waals surface area contributed by atoms with E-state index in [1.54, 1.807) is 19.3 Å². The molecule has 0 saturated carbocycles. The molecule has 0 spiro atoms. The second-order valence-corrected chi connectivity index (χ2v) is 9.06. The minimum atomic E-state index is -1.30. The SMILES string of the molecule is CC(C)CCc1nc(-c2nc(N)c3c(n2)NC(=O)[C@]3(C)c2ccc(F)c(O)c2)cn2ccnc12. The number of halogens is 1. The van der Waals surface area contributed by atoms with Gasteiger partial charge in [-0.15, -0.1) is 0 Å². The molecule has 0 radical (unpaired) electrons. The Balaban J connectivity index is 1.62. The van der Waals surface area contributed by atoms with Crippen LogP contribution in [0.4, 0.5) is 16.0 Å². The van der Waals surface area contributed by atoms with E-state index < -0.39 is 22.9 Å². The number of carbonyl (C=O) groups is 1. The van der Waals surface area contributed by atoms with Crippen LogP contribution < -0.4 is 11.1 Å². The molecule has 1 aliphatic heterocycles. The number of carbonyl (C=O) groups excluding carboxylic acids is 1. The summed E-state index contributed by atoms with van der Waals surface area (Å²) in [5.74, 6) is -0.601. The molecule has 4 N–H and O–H groups in total. The third-order valence-electron chi connectivity index (χ3n) is 6.28. The monoisotopic (exact) mass is 461 g/mol. The number of rotatable bonds is 5. The van der Waals surface area contributed by atoms with Gasteiger partial charge in [0.05, 0.1) is 11.3 Å². The van der Waals surface area contributed by atoms with Gasteiger partial charge in [0, 0.05) is 18.6 Å². The Bertz CT molecular complexity index is 1450. The molecule has 174 valence electrons. The van der Waals surface area contributed by atoms with Crippen molar-refractivity contribution in [2.24, 2.45) is 5.92 Å². The highest BCUT2D eigenvalue weighted by Gasteiger charge is 2.48. The molecule has 4 heterocycles. The van der Waals surface area contributed by atoms with E-state index in [1.807, 2.05) is 10.6 Å². The largest absolute Gasteiger partial charge is 0.505 e. The van der Waals surface area contributed by atoms with Crippen molar-refractivity contribution in [3.05, 3.63) is 59.4 Å². The van der Waals surface area contributed by atoms with Gasteiger partial charge < -0.3 is 20.6 Å². The average Bonchev–Trinajstić information content (AvgIpc) is 3.36. The Morgan fingerprint density at radius 2 is 2.06 bits per heavy atom. The number of nitrogens with one attached hydrogen (secondary N) is 1. The molecule has 0 unspecified atom stereocenters. The lowest BCUT2D eigenvalue weighted by Gasteiger charge is -2.23. The Labute approximate surface area is 194 Å². The summed E-state index contributed by atoms with van der Waals surface area (Å²) in [5.41, 5.74) is 7.91. The molecule has 3 aromatic heterocycles. The molecule has 1 aliphatic rings. The van der Waals surface area contributed by atoms with Crippen LogP contribution in [-0.4, -0.2) is 35.4 Å². The smallest absolute Gasteiger partial charge is 0.240 e. The van der Waals surface area contributed by atoms with E-state index in [2.05, 4.69) is 34.1 Å². The van der Waals surface area contributed by atoms with Gasteiger partial charge in [-0.1, -0.05) is 19.9 Å². The van der Waals surface area contributed by atoms with Gasteiger partial charge in [-0.2, -0.15) is 0 Å². The predicted molar refractivity (Wildman–Crippen MR) is 125 cm³/mol. The van der Waals surface area contributed by atoms with Gasteiger partial charge in [0.15, 0.2) is 23.0 Å². The van der Waals surface area contributed by atoms with E-state index in [0.717, 1.165) is 30.2 Å². The van der Waals surface area contributed by atoms with Crippen LogP contribution in [0.2, 0.25) is 0 Å². The number of aryl methyl sites for hydroxylation is 1. The minimum absolute atomic E-state index is 0.0981. The van der Waals surface area contributed by atoms with E-state index in [4.69, 9.17) is 10.7 Å². The van der Waals surface area contributed by atoms with Crippen LogP contribution in [0.15, 0.2) is 36.8 Å². The maximum absolute atomic E-state index is 13.6. The summed E-state index contributed by atoms with van der Waals surface area (Å²) in [6, 6.07) is 3.76. The van der Waals surface area contributed by atoms with Crippen LogP contribution in [0.1, 0.15) is 44.0 Å². The van der Waals surface area contributed by atoms with Gasteiger partial charge in [0.1, 0.15) is 22.7 Å². The van der Waals surface area contributed by atoms with Crippen LogP contribution in [0.25, 0.3) is 17.2 Å². The van der Waals surface area contributed by atoms with E-state index >= 15 is 0 Å². The lowest BCUT2D eigenvalue weighted by atomic mass is 9.77. The molecule has 1 atom stereocenters. The first-order valence-electron chi connectivity index (χ1n) is 11.0. The maximum Gasteiger partial charge on any atom is 0.240 e. The zero-order valence-electron chi connectivity index (χ0n) is 19.0. The first-order chi connectivity index (χ1) is 16.2. The van der Waals surface area contributed by atoms with Crippen molar-refractivity contribution >= 4 is 23.2 Å². The molecule has 0 aliphatic carbocycles. The number of nitrogens with zero attached hydrogens (tertiary/aromatic N) is 5. The van der Waals surface area contributed by atoms with Gasteiger partial charge in [-0.05, 0) is 43.4 Å². The highest BCUT2D eigenvalue weighted by Crippen LogP contribution is 2.45. The number of phenolic OH excluding ortho intramolecular Hbond substituents is 1. The number of anilines is 2. The fourth-order valence-electron chi connectivity index (χ4n) is 4.32. The number of hydrogen-bond acceptors (Lipinski definition) is 7. The van der Waals surface area contributed by atoms with E-state index in [0.29, 0.717) is 22.7 Å². The Kier molecular flexibility index (Phi) is 4.96. The quantitative estimate of drug-likeness (QED) is 0.415. The first kappa shape index (κ1) is 21.7. The summed E-state index contributed by atoms with van der Waals surface area (Å²) in [7, 11) is 0. The number of imidazole rings is 1. The summed E-state index contributed by atoms with van der Waals surface area (Å²) in [6.07, 6.45) is 7.01. The average molecular weight is 462 g/mol. The molecule has 0 bridgehead atoms. The fraction of sp³-hybridized carbons (Fsp3) is 0.292. The van der Waals surface area contributed by atoms with E-state index in [-0.39, 0.29) is 17.5 Å². The van der Waals surface area contributed by atoms with Gasteiger partial charge in [-0.25, -0.2) is 24.3 Å². The highest BCUT2D eigenvalue weighted by molar-refractivity contribution is 6.09. The Morgan fingerprint density at radius 1 is 1.26 bits per heavy atom. The zero-order valence-corrected chi connectivity index (χ0v) is 19.0. The predicted octanol–water partition coefficient (Wildman–Crippen LogP) is 3.46. The molecule has 5 rings (SSSR count). The number of hydrogen-bond donors (Lipinski definition) is 3. The summed E-state index contributed by atoms with van der Waals surface area (Å²) >= 11 is 0. The molecular weight excluding hydrogens is 437 g/mol. The molecule has 9 nitrogen and oxygen atoms in total. The summed E-state index contributed by atoms with van der Waals surface area (Å²) in [4.78, 5) is 31.3. The number of nitrogens with two attached hydrogens (primary N) is 1. The maximum atomic E-state index is 13.6. The van der Waals surface area contributed by atoms with Crippen LogP contribution in [-0.2, 0) is 16.6 Å². The molecular formula is C24H24FN7O2. The minimum Gasteiger partial charge on any atom is -0.505 e. The van der Waals surface area contributed by atoms with E-state index in [1.165, 1.54) is 12.1 Å². The van der Waals surface area contributed by atoms with Crippen LogP contribution >= 0.6 is 0 Å². The molecule has 4 aromatic rings. The third kappa shape index (κ3) is 3.33. The molecule has 1 aromatic carbocycles. The number of nitrogen functional groups attached to an aromatic ring is 1. The first-order valence-corrected chi connectivity index (χ1v) is 11.0. The number of phenols is 1. The summed E-state index contributed by atoms with van der Waals surface area (Å²) < 4.78 is 15.5. The van der Waals surface area contributed by atoms with Crippen molar-refractivity contribution in [2.75, 3.05) is 11.1 Å². The molecule has 34 heavy (non-hydrogen) atoms. The normalized spacial score (nSPS) is 17.4. The zero-order chi connectivity index (χ0) is 24.2. The Morgan fingerprint density at radius 3 is 2.79 bits per heavy atom.